The Balaban J connectivity index is 2.30. The van der Waals surface area contributed by atoms with Gasteiger partial charge >= 0.3 is 0 Å². The molecule has 0 aromatic heterocycles. The smallest absolute Gasteiger partial charge is 0.0208 e. The number of nitrogens with two attached hydrogens (primary N) is 1. The van der Waals surface area contributed by atoms with Crippen LogP contribution in [0.5, 0.6) is 0 Å². The van der Waals surface area contributed by atoms with Crippen molar-refractivity contribution in [1.82, 2.24) is 5.32 Å². The Morgan fingerprint density at radius 2 is 1.88 bits per heavy atom. The van der Waals surface area contributed by atoms with Crippen LogP contribution in [0.15, 0.2) is 24.3 Å². The van der Waals surface area contributed by atoms with Gasteiger partial charge in [-0.15, -0.1) is 0 Å². The lowest BCUT2D eigenvalue weighted by molar-refractivity contribution is 0.596. The minimum atomic E-state index is 0.569. The van der Waals surface area contributed by atoms with Crippen molar-refractivity contribution in [3.8, 4) is 0 Å². The summed E-state index contributed by atoms with van der Waals surface area (Å²) in [7, 11) is 0. The van der Waals surface area contributed by atoms with E-state index in [0.29, 0.717) is 12.6 Å². The van der Waals surface area contributed by atoms with E-state index in [2.05, 4.69) is 43.4 Å². The largest absolute Gasteiger partial charge is 0.326 e. The summed E-state index contributed by atoms with van der Waals surface area (Å²) in [5.74, 6) is 2.37. The van der Waals surface area contributed by atoms with Crippen LogP contribution in [0.4, 0.5) is 0 Å². The molecular weight excluding hydrogens is 216 g/mol. The van der Waals surface area contributed by atoms with Gasteiger partial charge < -0.3 is 11.1 Å². The van der Waals surface area contributed by atoms with Crippen molar-refractivity contribution in [3.63, 3.8) is 0 Å². The molecule has 0 bridgehead atoms. The molecule has 1 atom stereocenters. The summed E-state index contributed by atoms with van der Waals surface area (Å²) < 4.78 is 0. The van der Waals surface area contributed by atoms with E-state index in [0.717, 1.165) is 6.54 Å². The molecule has 0 radical (unpaired) electrons. The fourth-order valence-electron chi connectivity index (χ4n) is 1.44. The van der Waals surface area contributed by atoms with Crippen molar-refractivity contribution >= 4 is 11.8 Å². The summed E-state index contributed by atoms with van der Waals surface area (Å²) in [6.45, 7) is 5.99. The molecule has 0 amide bonds. The molecule has 90 valence electrons. The Morgan fingerprint density at radius 3 is 2.44 bits per heavy atom. The zero-order valence-corrected chi connectivity index (χ0v) is 11.0. The highest BCUT2D eigenvalue weighted by atomic mass is 32.2. The minimum absolute atomic E-state index is 0.569. The zero-order chi connectivity index (χ0) is 11.8. The van der Waals surface area contributed by atoms with Gasteiger partial charge in [-0.1, -0.05) is 31.2 Å². The van der Waals surface area contributed by atoms with E-state index in [1.54, 1.807) is 0 Å². The number of nitrogens with one attached hydrogen (secondary N) is 1. The van der Waals surface area contributed by atoms with Gasteiger partial charge in [0.15, 0.2) is 0 Å². The summed E-state index contributed by atoms with van der Waals surface area (Å²) in [6.07, 6.45) is 0. The van der Waals surface area contributed by atoms with E-state index < -0.39 is 0 Å². The van der Waals surface area contributed by atoms with Crippen LogP contribution in [0.3, 0.4) is 0 Å². The number of hydrogen-bond acceptors (Lipinski definition) is 3. The SMILES string of the molecule is CCSC[C@@H](C)NCc1ccc(CN)cc1. The Morgan fingerprint density at radius 1 is 1.25 bits per heavy atom. The van der Waals surface area contributed by atoms with Gasteiger partial charge in [0.2, 0.25) is 0 Å². The van der Waals surface area contributed by atoms with Crippen molar-refractivity contribution in [2.75, 3.05) is 11.5 Å². The highest BCUT2D eigenvalue weighted by Gasteiger charge is 2.00. The fourth-order valence-corrected chi connectivity index (χ4v) is 2.15. The first-order chi connectivity index (χ1) is 7.76. The second-order valence-electron chi connectivity index (χ2n) is 3.96. The summed E-state index contributed by atoms with van der Waals surface area (Å²) in [5.41, 5.74) is 8.08. The first-order valence-electron chi connectivity index (χ1n) is 5.85. The molecule has 0 fully saturated rings. The van der Waals surface area contributed by atoms with Gasteiger partial charge in [-0.2, -0.15) is 11.8 Å². The maximum Gasteiger partial charge on any atom is 0.0208 e. The first kappa shape index (κ1) is 13.6. The third-order valence-electron chi connectivity index (χ3n) is 2.49. The lowest BCUT2D eigenvalue weighted by atomic mass is 10.1. The van der Waals surface area contributed by atoms with E-state index in [9.17, 15) is 0 Å². The molecule has 2 nitrogen and oxygen atoms in total. The molecule has 0 aliphatic carbocycles. The Bertz CT molecular complexity index is 284. The van der Waals surface area contributed by atoms with Crippen molar-refractivity contribution < 1.29 is 0 Å². The quantitative estimate of drug-likeness (QED) is 0.766. The number of rotatable bonds is 7. The van der Waals surface area contributed by atoms with Gasteiger partial charge in [-0.25, -0.2) is 0 Å². The molecule has 0 saturated carbocycles. The third-order valence-corrected chi connectivity index (χ3v) is 3.63. The van der Waals surface area contributed by atoms with E-state index >= 15 is 0 Å². The predicted octanol–water partition coefficient (Wildman–Crippen LogP) is 2.38. The molecule has 1 aromatic carbocycles. The van der Waals surface area contributed by atoms with Crippen LogP contribution in [0.1, 0.15) is 25.0 Å². The highest BCUT2D eigenvalue weighted by Crippen LogP contribution is 2.05. The van der Waals surface area contributed by atoms with Gasteiger partial charge in [-0.3, -0.25) is 0 Å². The van der Waals surface area contributed by atoms with Crippen LogP contribution in [0, 0.1) is 0 Å². The molecule has 1 aromatic rings. The molecule has 0 spiro atoms. The molecule has 3 heteroatoms. The molecule has 0 saturated heterocycles. The van der Waals surface area contributed by atoms with Gasteiger partial charge in [0.1, 0.15) is 0 Å². The van der Waals surface area contributed by atoms with Gasteiger partial charge in [-0.05, 0) is 23.8 Å². The number of benzene rings is 1. The van der Waals surface area contributed by atoms with Gasteiger partial charge in [0, 0.05) is 24.9 Å². The molecule has 0 aliphatic heterocycles. The van der Waals surface area contributed by atoms with Gasteiger partial charge in [0.05, 0.1) is 0 Å². The van der Waals surface area contributed by atoms with Crippen molar-refractivity contribution in [2.45, 2.75) is 33.0 Å². The maximum atomic E-state index is 5.56. The van der Waals surface area contributed by atoms with Crippen molar-refractivity contribution in [2.24, 2.45) is 5.73 Å². The zero-order valence-electron chi connectivity index (χ0n) is 10.2. The Kier molecular flexibility index (Phi) is 6.53. The van der Waals surface area contributed by atoms with Crippen LogP contribution in [0.25, 0.3) is 0 Å². The average Bonchev–Trinajstić information content (AvgIpc) is 2.34. The number of thioether (sulfide) groups is 1. The van der Waals surface area contributed by atoms with E-state index in [1.807, 2.05) is 11.8 Å². The van der Waals surface area contributed by atoms with Crippen molar-refractivity contribution in [3.05, 3.63) is 35.4 Å². The Labute approximate surface area is 103 Å². The highest BCUT2D eigenvalue weighted by molar-refractivity contribution is 7.99. The maximum absolute atomic E-state index is 5.56. The van der Waals surface area contributed by atoms with Crippen LogP contribution < -0.4 is 11.1 Å². The average molecular weight is 238 g/mol. The minimum Gasteiger partial charge on any atom is -0.326 e. The van der Waals surface area contributed by atoms with Crippen LogP contribution in [-0.4, -0.2) is 17.5 Å². The summed E-state index contributed by atoms with van der Waals surface area (Å²) >= 11 is 1.98. The van der Waals surface area contributed by atoms with Gasteiger partial charge in [0.25, 0.3) is 0 Å². The van der Waals surface area contributed by atoms with Crippen LogP contribution in [0.2, 0.25) is 0 Å². The van der Waals surface area contributed by atoms with E-state index in [-0.39, 0.29) is 0 Å². The second-order valence-corrected chi connectivity index (χ2v) is 5.28. The van der Waals surface area contributed by atoms with E-state index in [4.69, 9.17) is 5.73 Å². The lowest BCUT2D eigenvalue weighted by Gasteiger charge is -2.13. The second kappa shape index (κ2) is 7.71. The fraction of sp³-hybridized carbons (Fsp3) is 0.538. The predicted molar refractivity (Wildman–Crippen MR) is 73.6 cm³/mol. The molecular formula is C13H22N2S. The molecule has 0 unspecified atom stereocenters. The molecule has 0 aliphatic rings. The molecule has 3 N–H and O–H groups in total. The molecule has 0 heterocycles. The van der Waals surface area contributed by atoms with Crippen LogP contribution in [-0.2, 0) is 13.1 Å². The standard InChI is InChI=1S/C13H22N2S/c1-3-16-10-11(2)15-9-13-6-4-12(8-14)5-7-13/h4-7,11,15H,3,8-10,14H2,1-2H3/t11-/m1/s1. The normalized spacial score (nSPS) is 12.7. The first-order valence-corrected chi connectivity index (χ1v) is 7.00. The molecule has 16 heavy (non-hydrogen) atoms. The summed E-state index contributed by atoms with van der Waals surface area (Å²) in [6, 6.07) is 9.06. The van der Waals surface area contributed by atoms with Crippen LogP contribution >= 0.6 is 11.8 Å². The third kappa shape index (κ3) is 5.01. The van der Waals surface area contributed by atoms with E-state index in [1.165, 1.54) is 22.6 Å². The lowest BCUT2D eigenvalue weighted by Crippen LogP contribution is -2.27. The monoisotopic (exact) mass is 238 g/mol. The molecule has 1 rings (SSSR count). The summed E-state index contributed by atoms with van der Waals surface area (Å²) in [5, 5.41) is 3.52. The summed E-state index contributed by atoms with van der Waals surface area (Å²) in [4.78, 5) is 0. The Hall–Kier alpha value is -0.510. The van der Waals surface area contributed by atoms with Crippen molar-refractivity contribution in [1.29, 1.82) is 0 Å². The number of hydrogen-bond donors (Lipinski definition) is 2. The topological polar surface area (TPSA) is 38.0 Å².